The van der Waals surface area contributed by atoms with E-state index in [1.54, 1.807) is 39.0 Å². The van der Waals surface area contributed by atoms with Crippen molar-refractivity contribution in [3.8, 4) is 0 Å². The number of nitrogens with zero attached hydrogens (tertiary/aromatic N) is 2. The molecule has 4 rings (SSSR count). The Labute approximate surface area is 200 Å². The maximum Gasteiger partial charge on any atom is 0.416 e. The third-order valence-electron chi connectivity index (χ3n) is 6.32. The quantitative estimate of drug-likeness (QED) is 0.667. The van der Waals surface area contributed by atoms with Gasteiger partial charge in [-0.1, -0.05) is 6.07 Å². The SMILES string of the molecule is CC(C)(C)OC(=O)N1CCC2(C1)C(=O)N(c1ccc(C(F)(F)F)cc1)c1ccc(C(O)CO)cc12. The number of aliphatic hydroxyl groups excluding tert-OH is 2. The number of hydrogen-bond donors (Lipinski definition) is 2. The molecule has 2 aromatic carbocycles. The van der Waals surface area contributed by atoms with E-state index in [9.17, 15) is 33.0 Å². The van der Waals surface area contributed by atoms with E-state index in [1.165, 1.54) is 21.9 Å². The smallest absolute Gasteiger partial charge is 0.416 e. The Bertz CT molecular complexity index is 1140. The van der Waals surface area contributed by atoms with E-state index in [-0.39, 0.29) is 31.1 Å². The van der Waals surface area contributed by atoms with Crippen LogP contribution >= 0.6 is 0 Å². The molecule has 0 aromatic heterocycles. The molecule has 0 saturated carbocycles. The fourth-order valence-electron chi connectivity index (χ4n) is 4.63. The van der Waals surface area contributed by atoms with Crippen molar-refractivity contribution >= 4 is 23.4 Å². The van der Waals surface area contributed by atoms with Crippen molar-refractivity contribution in [2.24, 2.45) is 0 Å². The molecular weight excluding hydrogens is 465 g/mol. The number of carbonyl (C=O) groups is 2. The Kier molecular flexibility index (Phi) is 6.09. The predicted molar refractivity (Wildman–Crippen MR) is 121 cm³/mol. The van der Waals surface area contributed by atoms with Gasteiger partial charge in [0.05, 0.1) is 23.3 Å². The molecule has 2 amide bonds. The number of benzene rings is 2. The minimum Gasteiger partial charge on any atom is -0.444 e. The van der Waals surface area contributed by atoms with Crippen molar-refractivity contribution in [1.29, 1.82) is 0 Å². The van der Waals surface area contributed by atoms with Crippen LogP contribution in [0.4, 0.5) is 29.3 Å². The van der Waals surface area contributed by atoms with Crippen LogP contribution < -0.4 is 4.90 Å². The topological polar surface area (TPSA) is 90.3 Å². The Balaban J connectivity index is 1.76. The molecule has 1 saturated heterocycles. The van der Waals surface area contributed by atoms with E-state index in [2.05, 4.69) is 0 Å². The first kappa shape index (κ1) is 25.0. The van der Waals surface area contributed by atoms with E-state index in [4.69, 9.17) is 4.74 Å². The highest BCUT2D eigenvalue weighted by atomic mass is 19.4. The van der Waals surface area contributed by atoms with Gasteiger partial charge in [-0.15, -0.1) is 0 Å². The number of anilines is 2. The molecule has 7 nitrogen and oxygen atoms in total. The highest BCUT2D eigenvalue weighted by Crippen LogP contribution is 2.51. The fraction of sp³-hybridized carbons (Fsp3) is 0.440. The van der Waals surface area contributed by atoms with E-state index < -0.39 is 41.6 Å². The third kappa shape index (κ3) is 4.48. The molecule has 2 aromatic rings. The number of hydrogen-bond acceptors (Lipinski definition) is 5. The number of alkyl halides is 3. The van der Waals surface area contributed by atoms with Gasteiger partial charge < -0.3 is 19.8 Å². The molecule has 0 radical (unpaired) electrons. The second-order valence-electron chi connectivity index (χ2n) is 9.89. The number of ether oxygens (including phenoxy) is 1. The second kappa shape index (κ2) is 8.53. The minimum atomic E-state index is -4.51. The zero-order chi connectivity index (χ0) is 25.8. The molecule has 2 N–H and O–H groups in total. The highest BCUT2D eigenvalue weighted by Gasteiger charge is 2.56. The highest BCUT2D eigenvalue weighted by molar-refractivity contribution is 6.13. The van der Waals surface area contributed by atoms with Crippen LogP contribution in [-0.4, -0.2) is 52.4 Å². The zero-order valence-electron chi connectivity index (χ0n) is 19.6. The lowest BCUT2D eigenvalue weighted by molar-refractivity contribution is -0.137. The number of carbonyl (C=O) groups excluding carboxylic acids is 2. The van der Waals surface area contributed by atoms with Crippen LogP contribution in [0.1, 0.15) is 50.0 Å². The first-order valence-electron chi connectivity index (χ1n) is 11.2. The molecule has 35 heavy (non-hydrogen) atoms. The Morgan fingerprint density at radius 1 is 1.14 bits per heavy atom. The van der Waals surface area contributed by atoms with Gasteiger partial charge in [0.1, 0.15) is 11.7 Å². The van der Waals surface area contributed by atoms with Gasteiger partial charge in [0, 0.05) is 18.8 Å². The summed E-state index contributed by atoms with van der Waals surface area (Å²) in [7, 11) is 0. The van der Waals surface area contributed by atoms with Crippen molar-refractivity contribution in [3.63, 3.8) is 0 Å². The average molecular weight is 492 g/mol. The monoisotopic (exact) mass is 492 g/mol. The number of amides is 2. The van der Waals surface area contributed by atoms with Crippen LogP contribution in [0.3, 0.4) is 0 Å². The summed E-state index contributed by atoms with van der Waals surface area (Å²) in [5, 5.41) is 19.6. The number of fused-ring (bicyclic) bond motifs is 2. The summed E-state index contributed by atoms with van der Waals surface area (Å²) in [4.78, 5) is 29.4. The van der Waals surface area contributed by atoms with Crippen LogP contribution in [0.2, 0.25) is 0 Å². The maximum absolute atomic E-state index is 13.9. The van der Waals surface area contributed by atoms with Crippen molar-refractivity contribution < 1.29 is 37.7 Å². The van der Waals surface area contributed by atoms with Crippen molar-refractivity contribution in [1.82, 2.24) is 4.90 Å². The van der Waals surface area contributed by atoms with Gasteiger partial charge in [-0.3, -0.25) is 9.69 Å². The fourth-order valence-corrected chi connectivity index (χ4v) is 4.63. The number of rotatable bonds is 3. The van der Waals surface area contributed by atoms with Gasteiger partial charge in [0.15, 0.2) is 0 Å². The molecule has 2 atom stereocenters. The second-order valence-corrected chi connectivity index (χ2v) is 9.89. The molecule has 2 aliphatic heterocycles. The normalized spacial score (nSPS) is 21.0. The van der Waals surface area contributed by atoms with Gasteiger partial charge in [-0.25, -0.2) is 4.79 Å². The van der Waals surface area contributed by atoms with Gasteiger partial charge in [0.2, 0.25) is 5.91 Å². The van der Waals surface area contributed by atoms with Crippen molar-refractivity contribution in [3.05, 3.63) is 59.2 Å². The Morgan fingerprint density at radius 2 is 1.80 bits per heavy atom. The number of likely N-dealkylation sites (tertiary alicyclic amines) is 1. The van der Waals surface area contributed by atoms with Crippen LogP contribution in [0.15, 0.2) is 42.5 Å². The molecule has 2 unspecified atom stereocenters. The molecule has 1 spiro atoms. The van der Waals surface area contributed by atoms with Crippen LogP contribution in [0.25, 0.3) is 0 Å². The minimum absolute atomic E-state index is 0.0174. The van der Waals surface area contributed by atoms with Crippen LogP contribution in [0.5, 0.6) is 0 Å². The number of aliphatic hydroxyl groups is 2. The Morgan fingerprint density at radius 3 is 2.37 bits per heavy atom. The van der Waals surface area contributed by atoms with E-state index in [1.807, 2.05) is 0 Å². The average Bonchev–Trinajstić information content (AvgIpc) is 3.33. The van der Waals surface area contributed by atoms with Gasteiger partial charge >= 0.3 is 12.3 Å². The van der Waals surface area contributed by atoms with Gasteiger partial charge in [-0.2, -0.15) is 13.2 Å². The molecule has 2 heterocycles. The van der Waals surface area contributed by atoms with Crippen LogP contribution in [-0.2, 0) is 21.1 Å². The largest absolute Gasteiger partial charge is 0.444 e. The summed E-state index contributed by atoms with van der Waals surface area (Å²) in [6.07, 6.45) is -5.98. The lowest BCUT2D eigenvalue weighted by Crippen LogP contribution is -2.43. The molecule has 0 bridgehead atoms. The molecule has 10 heteroatoms. The summed E-state index contributed by atoms with van der Waals surface area (Å²) in [5.74, 6) is -0.381. The third-order valence-corrected chi connectivity index (χ3v) is 6.32. The predicted octanol–water partition coefficient (Wildman–Crippen LogP) is 4.29. The van der Waals surface area contributed by atoms with Gasteiger partial charge in [-0.05, 0) is 74.7 Å². The summed E-state index contributed by atoms with van der Waals surface area (Å²) >= 11 is 0. The molecule has 0 aliphatic carbocycles. The first-order valence-corrected chi connectivity index (χ1v) is 11.2. The standard InChI is InChI=1S/C25H27F3N2O5/c1-23(2,3)35-22(34)29-11-10-24(14-29)18-12-15(20(32)13-31)4-9-19(18)30(21(24)33)17-7-5-16(6-8-17)25(26,27)28/h4-9,12,20,31-32H,10-11,13-14H2,1-3H3. The van der Waals surface area contributed by atoms with Crippen molar-refractivity contribution in [2.75, 3.05) is 24.6 Å². The lowest BCUT2D eigenvalue weighted by atomic mass is 9.80. The molecule has 2 aliphatic rings. The van der Waals surface area contributed by atoms with E-state index in [0.29, 0.717) is 16.8 Å². The van der Waals surface area contributed by atoms with E-state index >= 15 is 0 Å². The zero-order valence-corrected chi connectivity index (χ0v) is 19.6. The molecular formula is C25H27F3N2O5. The number of halogens is 3. The summed E-state index contributed by atoms with van der Waals surface area (Å²) in [5.41, 5.74) is -1.08. The summed E-state index contributed by atoms with van der Waals surface area (Å²) in [6, 6.07) is 9.09. The summed E-state index contributed by atoms with van der Waals surface area (Å²) in [6.45, 7) is 4.95. The summed E-state index contributed by atoms with van der Waals surface area (Å²) < 4.78 is 44.7. The Hall–Kier alpha value is -3.11. The molecule has 188 valence electrons. The lowest BCUT2D eigenvalue weighted by Gasteiger charge is -2.27. The van der Waals surface area contributed by atoms with Crippen molar-refractivity contribution in [2.45, 2.75) is 50.5 Å². The maximum atomic E-state index is 13.9. The van der Waals surface area contributed by atoms with E-state index in [0.717, 1.165) is 12.1 Å². The first-order chi connectivity index (χ1) is 16.3. The molecule has 1 fully saturated rings. The van der Waals surface area contributed by atoms with Gasteiger partial charge in [0.25, 0.3) is 0 Å². The van der Waals surface area contributed by atoms with Crippen LogP contribution in [0, 0.1) is 0 Å².